The van der Waals surface area contributed by atoms with Gasteiger partial charge in [-0.2, -0.15) is 0 Å². The molecule has 60 valence electrons. The third-order valence-electron chi connectivity index (χ3n) is 1.30. The summed E-state index contributed by atoms with van der Waals surface area (Å²) in [6.07, 6.45) is 0. The van der Waals surface area contributed by atoms with Crippen LogP contribution in [-0.4, -0.2) is 7.11 Å². The zero-order chi connectivity index (χ0) is 8.43. The van der Waals surface area contributed by atoms with Crippen molar-refractivity contribution in [2.75, 3.05) is 12.8 Å². The highest BCUT2D eigenvalue weighted by Gasteiger charge is 2.08. The Morgan fingerprint density at radius 2 is 2.18 bits per heavy atom. The molecule has 0 radical (unpaired) electrons. The van der Waals surface area contributed by atoms with Crippen LogP contribution in [0.2, 0.25) is 0 Å². The maximum absolute atomic E-state index is 12.7. The number of nitrogens with two attached hydrogens (primary N) is 1. The Morgan fingerprint density at radius 1 is 1.55 bits per heavy atom. The molecule has 4 heteroatoms. The SMILES string of the molecule is COc1c(Br)ccc(F)c1N. The summed E-state index contributed by atoms with van der Waals surface area (Å²) in [5.74, 6) is -0.130. The van der Waals surface area contributed by atoms with E-state index >= 15 is 0 Å². The number of methoxy groups -OCH3 is 1. The monoisotopic (exact) mass is 219 g/mol. The molecule has 0 amide bonds. The molecule has 1 aromatic rings. The zero-order valence-electron chi connectivity index (χ0n) is 5.90. The number of hydrogen-bond donors (Lipinski definition) is 1. The van der Waals surface area contributed by atoms with Crippen molar-refractivity contribution in [1.82, 2.24) is 0 Å². The average molecular weight is 220 g/mol. The van der Waals surface area contributed by atoms with Crippen LogP contribution in [0, 0.1) is 5.82 Å². The van der Waals surface area contributed by atoms with E-state index in [9.17, 15) is 4.39 Å². The lowest BCUT2D eigenvalue weighted by Gasteiger charge is -2.06. The number of ether oxygens (including phenoxy) is 1. The van der Waals surface area contributed by atoms with Gasteiger partial charge in [0, 0.05) is 0 Å². The molecule has 0 bridgehead atoms. The first-order valence-electron chi connectivity index (χ1n) is 2.94. The predicted octanol–water partition coefficient (Wildman–Crippen LogP) is 2.18. The van der Waals surface area contributed by atoms with Crippen LogP contribution in [0.3, 0.4) is 0 Å². The molecule has 0 atom stereocenters. The van der Waals surface area contributed by atoms with Gasteiger partial charge in [-0.05, 0) is 28.1 Å². The molecule has 0 saturated carbocycles. The normalized spacial score (nSPS) is 9.73. The number of anilines is 1. The minimum Gasteiger partial charge on any atom is -0.493 e. The minimum atomic E-state index is -0.468. The van der Waals surface area contributed by atoms with E-state index in [-0.39, 0.29) is 5.69 Å². The molecule has 11 heavy (non-hydrogen) atoms. The first-order valence-corrected chi connectivity index (χ1v) is 3.73. The second-order valence-corrected chi connectivity index (χ2v) is 2.83. The van der Waals surface area contributed by atoms with Gasteiger partial charge in [0.1, 0.15) is 11.5 Å². The summed E-state index contributed by atoms with van der Waals surface area (Å²) < 4.78 is 18.2. The summed E-state index contributed by atoms with van der Waals surface area (Å²) in [5.41, 5.74) is 5.39. The molecule has 2 N–H and O–H groups in total. The standard InChI is InChI=1S/C7H7BrFNO/c1-11-7-4(8)2-3-5(9)6(7)10/h2-3H,10H2,1H3. The molecule has 0 aliphatic carbocycles. The van der Waals surface area contributed by atoms with E-state index in [1.807, 2.05) is 0 Å². The van der Waals surface area contributed by atoms with Crippen molar-refractivity contribution >= 4 is 21.6 Å². The molecule has 0 heterocycles. The van der Waals surface area contributed by atoms with Crippen LogP contribution in [-0.2, 0) is 0 Å². The number of benzene rings is 1. The van der Waals surface area contributed by atoms with Gasteiger partial charge in [0.15, 0.2) is 5.75 Å². The Labute approximate surface area is 72.3 Å². The summed E-state index contributed by atoms with van der Waals surface area (Å²) in [6, 6.07) is 2.83. The molecule has 0 aromatic heterocycles. The van der Waals surface area contributed by atoms with Crippen molar-refractivity contribution < 1.29 is 9.13 Å². The highest BCUT2D eigenvalue weighted by molar-refractivity contribution is 9.10. The van der Waals surface area contributed by atoms with E-state index in [0.29, 0.717) is 10.2 Å². The lowest BCUT2D eigenvalue weighted by atomic mass is 10.3. The van der Waals surface area contributed by atoms with E-state index in [4.69, 9.17) is 10.5 Å². The van der Waals surface area contributed by atoms with E-state index in [2.05, 4.69) is 15.9 Å². The Bertz CT molecular complexity index is 277. The number of rotatable bonds is 1. The Morgan fingerprint density at radius 3 is 2.64 bits per heavy atom. The zero-order valence-corrected chi connectivity index (χ0v) is 7.48. The van der Waals surface area contributed by atoms with Crippen LogP contribution in [0.25, 0.3) is 0 Å². The fourth-order valence-electron chi connectivity index (χ4n) is 0.756. The summed E-state index contributed by atoms with van der Waals surface area (Å²) in [7, 11) is 1.44. The molecule has 0 aliphatic heterocycles. The fraction of sp³-hybridized carbons (Fsp3) is 0.143. The second-order valence-electron chi connectivity index (χ2n) is 1.98. The Kier molecular flexibility index (Phi) is 2.34. The van der Waals surface area contributed by atoms with Gasteiger partial charge in [0.05, 0.1) is 11.6 Å². The van der Waals surface area contributed by atoms with Crippen LogP contribution < -0.4 is 10.5 Å². The fourth-order valence-corrected chi connectivity index (χ4v) is 1.26. The van der Waals surface area contributed by atoms with Gasteiger partial charge in [0.2, 0.25) is 0 Å². The van der Waals surface area contributed by atoms with Gasteiger partial charge in [-0.15, -0.1) is 0 Å². The van der Waals surface area contributed by atoms with Crippen molar-refractivity contribution in [3.63, 3.8) is 0 Å². The van der Waals surface area contributed by atoms with Crippen LogP contribution >= 0.6 is 15.9 Å². The van der Waals surface area contributed by atoms with Crippen molar-refractivity contribution in [2.24, 2.45) is 0 Å². The van der Waals surface area contributed by atoms with Crippen molar-refractivity contribution in [3.8, 4) is 5.75 Å². The summed E-state index contributed by atoms with van der Waals surface area (Å²) in [5, 5.41) is 0. The number of nitrogen functional groups attached to an aromatic ring is 1. The molecule has 0 unspecified atom stereocenters. The minimum absolute atomic E-state index is 0.0295. The van der Waals surface area contributed by atoms with Crippen molar-refractivity contribution in [2.45, 2.75) is 0 Å². The summed E-state index contributed by atoms with van der Waals surface area (Å²) >= 11 is 3.17. The molecule has 0 fully saturated rings. The third-order valence-corrected chi connectivity index (χ3v) is 1.92. The van der Waals surface area contributed by atoms with E-state index in [1.165, 1.54) is 13.2 Å². The summed E-state index contributed by atoms with van der Waals surface area (Å²) in [4.78, 5) is 0. The van der Waals surface area contributed by atoms with Crippen LogP contribution in [0.1, 0.15) is 0 Å². The van der Waals surface area contributed by atoms with Gasteiger partial charge < -0.3 is 10.5 Å². The predicted molar refractivity (Wildman–Crippen MR) is 45.1 cm³/mol. The Balaban J connectivity index is 3.29. The molecule has 1 rings (SSSR count). The van der Waals surface area contributed by atoms with Crippen molar-refractivity contribution in [1.29, 1.82) is 0 Å². The van der Waals surface area contributed by atoms with Gasteiger partial charge >= 0.3 is 0 Å². The third kappa shape index (κ3) is 1.45. The lowest BCUT2D eigenvalue weighted by Crippen LogP contribution is -1.96. The van der Waals surface area contributed by atoms with Gasteiger partial charge in [0.25, 0.3) is 0 Å². The van der Waals surface area contributed by atoms with Gasteiger partial charge in [-0.25, -0.2) is 4.39 Å². The van der Waals surface area contributed by atoms with Crippen LogP contribution in [0.5, 0.6) is 5.75 Å². The first kappa shape index (κ1) is 8.33. The van der Waals surface area contributed by atoms with Crippen molar-refractivity contribution in [3.05, 3.63) is 22.4 Å². The molecule has 0 saturated heterocycles. The Hall–Kier alpha value is -0.770. The molecular weight excluding hydrogens is 213 g/mol. The van der Waals surface area contributed by atoms with E-state index < -0.39 is 5.82 Å². The van der Waals surface area contributed by atoms with Gasteiger partial charge in [-0.3, -0.25) is 0 Å². The van der Waals surface area contributed by atoms with E-state index in [0.717, 1.165) is 0 Å². The average Bonchev–Trinajstić information content (AvgIpc) is 1.99. The van der Waals surface area contributed by atoms with E-state index in [1.54, 1.807) is 6.07 Å². The largest absolute Gasteiger partial charge is 0.493 e. The smallest absolute Gasteiger partial charge is 0.158 e. The summed E-state index contributed by atoms with van der Waals surface area (Å²) in [6.45, 7) is 0. The lowest BCUT2D eigenvalue weighted by molar-refractivity contribution is 0.411. The molecular formula is C7H7BrFNO. The number of halogens is 2. The highest BCUT2D eigenvalue weighted by atomic mass is 79.9. The van der Waals surface area contributed by atoms with Crippen LogP contribution in [0.4, 0.5) is 10.1 Å². The molecule has 0 aliphatic rings. The van der Waals surface area contributed by atoms with Gasteiger partial charge in [-0.1, -0.05) is 0 Å². The quantitative estimate of drug-likeness (QED) is 0.736. The molecule has 0 spiro atoms. The number of hydrogen-bond acceptors (Lipinski definition) is 2. The second kappa shape index (κ2) is 3.09. The first-order chi connectivity index (χ1) is 5.16. The highest BCUT2D eigenvalue weighted by Crippen LogP contribution is 2.32. The molecule has 2 nitrogen and oxygen atoms in total. The maximum Gasteiger partial charge on any atom is 0.158 e. The topological polar surface area (TPSA) is 35.2 Å². The molecule has 1 aromatic carbocycles. The maximum atomic E-state index is 12.7. The van der Waals surface area contributed by atoms with Crippen LogP contribution in [0.15, 0.2) is 16.6 Å².